The first-order valence-electron chi connectivity index (χ1n) is 5.38. The smallest absolute Gasteiger partial charge is 0.129 e. The Morgan fingerprint density at radius 2 is 1.82 bits per heavy atom. The van der Waals surface area contributed by atoms with Crippen LogP contribution in [-0.4, -0.2) is 0 Å². The Balaban J connectivity index is 2.02. The van der Waals surface area contributed by atoms with Crippen molar-refractivity contribution < 1.29 is 9.13 Å². The molecule has 0 radical (unpaired) electrons. The molecule has 0 amide bonds. The number of hydrogen-bond acceptors (Lipinski definition) is 2. The maximum Gasteiger partial charge on any atom is 0.129 e. The van der Waals surface area contributed by atoms with Gasteiger partial charge in [-0.25, -0.2) is 4.39 Å². The van der Waals surface area contributed by atoms with Crippen molar-refractivity contribution in [3.8, 4) is 5.75 Å². The molecule has 0 heterocycles. The molecule has 0 unspecified atom stereocenters. The molecule has 2 nitrogen and oxygen atoms in total. The van der Waals surface area contributed by atoms with Gasteiger partial charge in [-0.1, -0.05) is 18.2 Å². The van der Waals surface area contributed by atoms with Crippen LogP contribution in [0.5, 0.6) is 5.75 Å². The number of rotatable bonds is 3. The Morgan fingerprint density at radius 3 is 2.47 bits per heavy atom. The number of aryl methyl sites for hydroxylation is 1. The van der Waals surface area contributed by atoms with Crippen molar-refractivity contribution in [2.24, 2.45) is 0 Å². The van der Waals surface area contributed by atoms with Crippen molar-refractivity contribution >= 4 is 5.69 Å². The Morgan fingerprint density at radius 1 is 1.12 bits per heavy atom. The molecule has 0 aliphatic rings. The van der Waals surface area contributed by atoms with E-state index in [0.717, 1.165) is 11.3 Å². The van der Waals surface area contributed by atoms with E-state index in [9.17, 15) is 4.39 Å². The Labute approximate surface area is 99.8 Å². The van der Waals surface area contributed by atoms with Gasteiger partial charge < -0.3 is 10.5 Å². The van der Waals surface area contributed by atoms with E-state index in [0.29, 0.717) is 17.9 Å². The van der Waals surface area contributed by atoms with Gasteiger partial charge in [0.05, 0.1) is 0 Å². The molecule has 0 bridgehead atoms. The Bertz CT molecular complexity index is 508. The van der Waals surface area contributed by atoms with Gasteiger partial charge in [-0.3, -0.25) is 0 Å². The highest BCUT2D eigenvalue weighted by atomic mass is 19.1. The van der Waals surface area contributed by atoms with E-state index in [4.69, 9.17) is 10.5 Å². The van der Waals surface area contributed by atoms with Gasteiger partial charge in [0.2, 0.25) is 0 Å². The van der Waals surface area contributed by atoms with Crippen LogP contribution in [0.3, 0.4) is 0 Å². The number of benzene rings is 2. The van der Waals surface area contributed by atoms with Crippen LogP contribution in [0.25, 0.3) is 0 Å². The Hall–Kier alpha value is -2.03. The summed E-state index contributed by atoms with van der Waals surface area (Å²) < 4.78 is 18.7. The highest BCUT2D eigenvalue weighted by molar-refractivity contribution is 5.39. The summed E-state index contributed by atoms with van der Waals surface area (Å²) in [7, 11) is 0. The molecule has 2 aromatic carbocycles. The van der Waals surface area contributed by atoms with Gasteiger partial charge in [-0.15, -0.1) is 0 Å². The van der Waals surface area contributed by atoms with Crippen molar-refractivity contribution in [3.05, 3.63) is 59.4 Å². The van der Waals surface area contributed by atoms with Gasteiger partial charge in [-0.05, 0) is 36.2 Å². The molecule has 17 heavy (non-hydrogen) atoms. The van der Waals surface area contributed by atoms with E-state index in [1.165, 1.54) is 6.07 Å². The standard InChI is InChI=1S/C14H14FNO/c1-10-2-7-13(8-14(10)15)17-9-11-3-5-12(16)6-4-11/h2-8H,9,16H2,1H3. The molecular weight excluding hydrogens is 217 g/mol. The van der Waals surface area contributed by atoms with Crippen LogP contribution in [0.15, 0.2) is 42.5 Å². The lowest BCUT2D eigenvalue weighted by Crippen LogP contribution is -1.96. The summed E-state index contributed by atoms with van der Waals surface area (Å²) in [6.45, 7) is 2.13. The van der Waals surface area contributed by atoms with Crippen molar-refractivity contribution in [3.63, 3.8) is 0 Å². The lowest BCUT2D eigenvalue weighted by atomic mass is 10.2. The number of nitrogens with two attached hydrogens (primary N) is 1. The largest absolute Gasteiger partial charge is 0.489 e. The molecule has 3 heteroatoms. The predicted molar refractivity (Wildman–Crippen MR) is 66.3 cm³/mol. The van der Waals surface area contributed by atoms with E-state index in [-0.39, 0.29) is 5.82 Å². The van der Waals surface area contributed by atoms with Crippen LogP contribution < -0.4 is 10.5 Å². The minimum absolute atomic E-state index is 0.250. The van der Waals surface area contributed by atoms with Gasteiger partial charge in [0.1, 0.15) is 18.2 Å². The predicted octanol–water partition coefficient (Wildman–Crippen LogP) is 3.30. The summed E-state index contributed by atoms with van der Waals surface area (Å²) >= 11 is 0. The summed E-state index contributed by atoms with van der Waals surface area (Å²) in [4.78, 5) is 0. The second-order valence-electron chi connectivity index (χ2n) is 3.94. The number of halogens is 1. The topological polar surface area (TPSA) is 35.2 Å². The quantitative estimate of drug-likeness (QED) is 0.822. The molecular formula is C14H14FNO. The highest BCUT2D eigenvalue weighted by Crippen LogP contribution is 2.17. The summed E-state index contributed by atoms with van der Waals surface area (Å²) in [5, 5.41) is 0. The molecule has 0 saturated heterocycles. The molecule has 0 fully saturated rings. The number of ether oxygens (including phenoxy) is 1. The average Bonchev–Trinajstić information content (AvgIpc) is 2.33. The van der Waals surface area contributed by atoms with E-state index < -0.39 is 0 Å². The van der Waals surface area contributed by atoms with Crippen molar-refractivity contribution in [2.75, 3.05) is 5.73 Å². The zero-order valence-corrected chi connectivity index (χ0v) is 9.61. The zero-order chi connectivity index (χ0) is 12.3. The molecule has 0 aliphatic heterocycles. The van der Waals surface area contributed by atoms with Gasteiger partial charge in [0.15, 0.2) is 0 Å². The van der Waals surface area contributed by atoms with Crippen LogP contribution in [0.2, 0.25) is 0 Å². The van der Waals surface area contributed by atoms with Crippen molar-refractivity contribution in [1.82, 2.24) is 0 Å². The fraction of sp³-hybridized carbons (Fsp3) is 0.143. The lowest BCUT2D eigenvalue weighted by molar-refractivity contribution is 0.304. The third kappa shape index (κ3) is 2.97. The maximum absolute atomic E-state index is 13.3. The van der Waals surface area contributed by atoms with Crippen LogP contribution in [0.4, 0.5) is 10.1 Å². The second kappa shape index (κ2) is 4.87. The molecule has 0 saturated carbocycles. The SMILES string of the molecule is Cc1ccc(OCc2ccc(N)cc2)cc1F. The summed E-state index contributed by atoms with van der Waals surface area (Å²) in [5.41, 5.74) is 7.91. The lowest BCUT2D eigenvalue weighted by Gasteiger charge is -2.07. The molecule has 2 rings (SSSR count). The number of hydrogen-bond donors (Lipinski definition) is 1. The normalized spacial score (nSPS) is 10.2. The van der Waals surface area contributed by atoms with E-state index in [1.54, 1.807) is 19.1 Å². The van der Waals surface area contributed by atoms with E-state index in [1.807, 2.05) is 24.3 Å². The van der Waals surface area contributed by atoms with Gasteiger partial charge in [0, 0.05) is 11.8 Å². The third-order valence-electron chi connectivity index (χ3n) is 2.53. The molecule has 0 aliphatic carbocycles. The number of nitrogen functional groups attached to an aromatic ring is 1. The van der Waals surface area contributed by atoms with Crippen molar-refractivity contribution in [2.45, 2.75) is 13.5 Å². The monoisotopic (exact) mass is 231 g/mol. The molecule has 0 aromatic heterocycles. The fourth-order valence-corrected chi connectivity index (χ4v) is 1.44. The fourth-order valence-electron chi connectivity index (χ4n) is 1.44. The highest BCUT2D eigenvalue weighted by Gasteiger charge is 2.00. The van der Waals surface area contributed by atoms with Gasteiger partial charge >= 0.3 is 0 Å². The first-order chi connectivity index (χ1) is 8.15. The second-order valence-corrected chi connectivity index (χ2v) is 3.94. The summed E-state index contributed by atoms with van der Waals surface area (Å²) in [6.07, 6.45) is 0. The first-order valence-corrected chi connectivity index (χ1v) is 5.38. The first kappa shape index (κ1) is 11.5. The van der Waals surface area contributed by atoms with Crippen LogP contribution in [0.1, 0.15) is 11.1 Å². The third-order valence-corrected chi connectivity index (χ3v) is 2.53. The minimum atomic E-state index is -0.250. The molecule has 0 atom stereocenters. The maximum atomic E-state index is 13.3. The van der Waals surface area contributed by atoms with Crippen LogP contribution in [0, 0.1) is 12.7 Å². The molecule has 2 N–H and O–H groups in total. The minimum Gasteiger partial charge on any atom is -0.489 e. The van der Waals surface area contributed by atoms with Gasteiger partial charge in [0.25, 0.3) is 0 Å². The molecule has 2 aromatic rings. The summed E-state index contributed by atoms with van der Waals surface area (Å²) in [5.74, 6) is 0.282. The van der Waals surface area contributed by atoms with Gasteiger partial charge in [-0.2, -0.15) is 0 Å². The van der Waals surface area contributed by atoms with Crippen molar-refractivity contribution in [1.29, 1.82) is 0 Å². The Kier molecular flexibility index (Phi) is 3.28. The van der Waals surface area contributed by atoms with Crippen LogP contribution in [-0.2, 0) is 6.61 Å². The summed E-state index contributed by atoms with van der Waals surface area (Å²) in [6, 6.07) is 12.3. The molecule has 88 valence electrons. The van der Waals surface area contributed by atoms with E-state index >= 15 is 0 Å². The number of anilines is 1. The van der Waals surface area contributed by atoms with E-state index in [2.05, 4.69) is 0 Å². The van der Waals surface area contributed by atoms with Crippen LogP contribution >= 0.6 is 0 Å². The zero-order valence-electron chi connectivity index (χ0n) is 9.61. The molecule has 0 spiro atoms. The average molecular weight is 231 g/mol.